The van der Waals surface area contributed by atoms with Crippen LogP contribution < -0.4 is 11.1 Å². The lowest BCUT2D eigenvalue weighted by molar-refractivity contribution is -0.138. The Labute approximate surface area is 197 Å². The summed E-state index contributed by atoms with van der Waals surface area (Å²) in [7, 11) is 0. The maximum atomic E-state index is 13.5. The van der Waals surface area contributed by atoms with Crippen molar-refractivity contribution in [2.45, 2.75) is 38.4 Å². The van der Waals surface area contributed by atoms with Gasteiger partial charge in [0.1, 0.15) is 46.3 Å². The van der Waals surface area contributed by atoms with Gasteiger partial charge in [0, 0.05) is 12.2 Å². The highest BCUT2D eigenvalue weighted by Gasteiger charge is 2.39. The smallest absolute Gasteiger partial charge is 0.248 e. The lowest BCUT2D eigenvalue weighted by Crippen LogP contribution is -2.47. The number of hydrogen-bond donors (Lipinski definition) is 2. The number of aromatic nitrogens is 5. The van der Waals surface area contributed by atoms with Crippen molar-refractivity contribution in [3.8, 4) is 0 Å². The molecule has 0 bridgehead atoms. The Morgan fingerprint density at radius 1 is 1.18 bits per heavy atom. The Balaban J connectivity index is 1.45. The molecule has 0 radical (unpaired) electrons. The molecule has 3 N–H and O–H groups in total. The zero-order chi connectivity index (χ0) is 23.1. The van der Waals surface area contributed by atoms with E-state index in [1.165, 1.54) is 6.33 Å². The van der Waals surface area contributed by atoms with Gasteiger partial charge >= 0.3 is 0 Å². The standard InChI is InChI=1S/C22H21BrN8O2/c1-12-7-8-14(22(33)29-16-6-2-5-15(23)28-16)31(12)17(32)10-30-13-4-3-9-25-19(13)18-20(24)26-11-27-21(18)30/h2-6,9,11-12,14H,7-8,10H2,1H3,(H2,24,26,27)(H,28,29,33)/t12-,14+/m1/s1. The molecular formula is C22H21BrN8O2. The van der Waals surface area contributed by atoms with Crippen LogP contribution in [-0.4, -0.2) is 53.3 Å². The second-order valence-electron chi connectivity index (χ2n) is 7.99. The van der Waals surface area contributed by atoms with Crippen LogP contribution in [0.25, 0.3) is 22.1 Å². The molecule has 2 atom stereocenters. The van der Waals surface area contributed by atoms with Crippen molar-refractivity contribution in [3.63, 3.8) is 0 Å². The van der Waals surface area contributed by atoms with Crippen LogP contribution in [0.3, 0.4) is 0 Å². The maximum absolute atomic E-state index is 13.5. The third kappa shape index (κ3) is 3.78. The number of halogens is 1. The number of carbonyl (C=O) groups is 2. The first kappa shape index (κ1) is 21.3. The van der Waals surface area contributed by atoms with Crippen molar-refractivity contribution in [2.75, 3.05) is 11.1 Å². The third-order valence-electron chi connectivity index (χ3n) is 5.95. The number of nitrogens with one attached hydrogen (secondary N) is 1. The van der Waals surface area contributed by atoms with Gasteiger partial charge < -0.3 is 20.5 Å². The first-order chi connectivity index (χ1) is 15.9. The largest absolute Gasteiger partial charge is 0.383 e. The molecule has 5 heterocycles. The molecule has 1 aliphatic rings. The van der Waals surface area contributed by atoms with Crippen LogP contribution in [-0.2, 0) is 16.1 Å². The molecule has 1 fully saturated rings. The lowest BCUT2D eigenvalue weighted by Gasteiger charge is -2.28. The second kappa shape index (κ2) is 8.39. The van der Waals surface area contributed by atoms with Crippen LogP contribution in [0.1, 0.15) is 19.8 Å². The zero-order valence-electron chi connectivity index (χ0n) is 17.8. The summed E-state index contributed by atoms with van der Waals surface area (Å²) in [6, 6.07) is 8.28. The number of amides is 2. The van der Waals surface area contributed by atoms with Gasteiger partial charge in [0.2, 0.25) is 11.8 Å². The topological polar surface area (TPSA) is 132 Å². The average Bonchev–Trinajstić information content (AvgIpc) is 3.33. The molecule has 0 aliphatic carbocycles. The molecule has 1 aliphatic heterocycles. The SMILES string of the molecule is C[C@@H]1CC[C@@H](C(=O)Nc2cccc(Br)n2)N1C(=O)Cn1c2cccnc2c2c(N)ncnc21. The highest BCUT2D eigenvalue weighted by atomic mass is 79.9. The summed E-state index contributed by atoms with van der Waals surface area (Å²) >= 11 is 3.30. The number of nitrogens with two attached hydrogens (primary N) is 1. The summed E-state index contributed by atoms with van der Waals surface area (Å²) in [6.45, 7) is 1.96. The van der Waals surface area contributed by atoms with Gasteiger partial charge in [-0.2, -0.15) is 0 Å². The number of nitrogen functional groups attached to an aromatic ring is 1. The van der Waals surface area contributed by atoms with E-state index >= 15 is 0 Å². The average molecular weight is 509 g/mol. The van der Waals surface area contributed by atoms with Crippen molar-refractivity contribution in [1.29, 1.82) is 0 Å². The van der Waals surface area contributed by atoms with E-state index in [2.05, 4.69) is 41.2 Å². The molecule has 5 rings (SSSR count). The van der Waals surface area contributed by atoms with E-state index in [1.54, 1.807) is 39.9 Å². The van der Waals surface area contributed by atoms with Gasteiger partial charge in [-0.3, -0.25) is 14.6 Å². The minimum absolute atomic E-state index is 0.00536. The van der Waals surface area contributed by atoms with Crippen LogP contribution >= 0.6 is 15.9 Å². The molecule has 2 amide bonds. The first-order valence-corrected chi connectivity index (χ1v) is 11.3. The molecule has 10 nitrogen and oxygen atoms in total. The Morgan fingerprint density at radius 2 is 2.03 bits per heavy atom. The summed E-state index contributed by atoms with van der Waals surface area (Å²) in [5, 5.41) is 3.44. The van der Waals surface area contributed by atoms with E-state index in [4.69, 9.17) is 5.73 Å². The van der Waals surface area contributed by atoms with E-state index in [0.29, 0.717) is 39.2 Å². The molecule has 0 unspecified atom stereocenters. The quantitative estimate of drug-likeness (QED) is 0.405. The minimum Gasteiger partial charge on any atom is -0.383 e. The first-order valence-electron chi connectivity index (χ1n) is 10.5. The van der Waals surface area contributed by atoms with Gasteiger partial charge in [0.05, 0.1) is 10.9 Å². The monoisotopic (exact) mass is 508 g/mol. The normalized spacial score (nSPS) is 18.2. The maximum Gasteiger partial charge on any atom is 0.248 e. The molecular weight excluding hydrogens is 488 g/mol. The number of hydrogen-bond acceptors (Lipinski definition) is 7. The predicted molar refractivity (Wildman–Crippen MR) is 127 cm³/mol. The molecule has 0 saturated carbocycles. The minimum atomic E-state index is -0.584. The fourth-order valence-corrected chi connectivity index (χ4v) is 4.81. The van der Waals surface area contributed by atoms with Gasteiger partial charge in [-0.15, -0.1) is 0 Å². The number of likely N-dealkylation sites (tertiary alicyclic amines) is 1. The summed E-state index contributed by atoms with van der Waals surface area (Å²) in [6.07, 6.45) is 4.35. The summed E-state index contributed by atoms with van der Waals surface area (Å²) < 4.78 is 2.41. The Bertz CT molecular complexity index is 1390. The highest BCUT2D eigenvalue weighted by molar-refractivity contribution is 9.10. The van der Waals surface area contributed by atoms with E-state index in [9.17, 15) is 9.59 Å². The van der Waals surface area contributed by atoms with E-state index in [-0.39, 0.29) is 24.4 Å². The predicted octanol–water partition coefficient (Wildman–Crippen LogP) is 2.74. The molecule has 168 valence electrons. The molecule has 0 aromatic carbocycles. The molecule has 4 aromatic rings. The number of carbonyl (C=O) groups excluding carboxylic acids is 2. The molecule has 4 aromatic heterocycles. The van der Waals surface area contributed by atoms with Crippen molar-refractivity contribution in [1.82, 2.24) is 29.4 Å². The number of nitrogens with zero attached hydrogens (tertiary/aromatic N) is 6. The van der Waals surface area contributed by atoms with Crippen LogP contribution in [0.5, 0.6) is 0 Å². The van der Waals surface area contributed by atoms with Crippen LogP contribution in [0.2, 0.25) is 0 Å². The summed E-state index contributed by atoms with van der Waals surface area (Å²) in [5.74, 6) is 0.307. The molecule has 1 saturated heterocycles. The van der Waals surface area contributed by atoms with Crippen molar-refractivity contribution < 1.29 is 9.59 Å². The molecule has 33 heavy (non-hydrogen) atoms. The fraction of sp³-hybridized carbons (Fsp3) is 0.273. The number of rotatable bonds is 4. The summed E-state index contributed by atoms with van der Waals surface area (Å²) in [4.78, 5) is 45.4. The fourth-order valence-electron chi connectivity index (χ4n) is 4.47. The van der Waals surface area contributed by atoms with Gasteiger partial charge in [0.25, 0.3) is 0 Å². The molecule has 11 heteroatoms. The van der Waals surface area contributed by atoms with Crippen molar-refractivity contribution in [3.05, 3.63) is 47.5 Å². The lowest BCUT2D eigenvalue weighted by atomic mass is 10.2. The molecule has 0 spiro atoms. The van der Waals surface area contributed by atoms with Crippen LogP contribution in [0.4, 0.5) is 11.6 Å². The van der Waals surface area contributed by atoms with Gasteiger partial charge in [-0.1, -0.05) is 6.07 Å². The number of anilines is 2. The zero-order valence-corrected chi connectivity index (χ0v) is 19.4. The van der Waals surface area contributed by atoms with Gasteiger partial charge in [0.15, 0.2) is 0 Å². The Morgan fingerprint density at radius 3 is 2.85 bits per heavy atom. The second-order valence-corrected chi connectivity index (χ2v) is 8.81. The van der Waals surface area contributed by atoms with Crippen LogP contribution in [0.15, 0.2) is 47.5 Å². The third-order valence-corrected chi connectivity index (χ3v) is 6.39. The van der Waals surface area contributed by atoms with Crippen LogP contribution in [0, 0.1) is 0 Å². The number of fused-ring (bicyclic) bond motifs is 3. The van der Waals surface area contributed by atoms with E-state index in [0.717, 1.165) is 11.9 Å². The number of pyridine rings is 2. The Hall–Kier alpha value is -3.60. The van der Waals surface area contributed by atoms with Gasteiger partial charge in [-0.25, -0.2) is 15.0 Å². The Kier molecular flexibility index (Phi) is 5.41. The van der Waals surface area contributed by atoms with Crippen molar-refractivity contribution in [2.24, 2.45) is 0 Å². The van der Waals surface area contributed by atoms with Gasteiger partial charge in [-0.05, 0) is 60.0 Å². The summed E-state index contributed by atoms with van der Waals surface area (Å²) in [5.41, 5.74) is 8.01. The van der Waals surface area contributed by atoms with E-state index in [1.807, 2.05) is 13.0 Å². The highest BCUT2D eigenvalue weighted by Crippen LogP contribution is 2.30. The van der Waals surface area contributed by atoms with E-state index < -0.39 is 6.04 Å². The van der Waals surface area contributed by atoms with Crippen molar-refractivity contribution >= 4 is 61.4 Å².